The zero-order valence-electron chi connectivity index (χ0n) is 13.5. The Labute approximate surface area is 155 Å². The van der Waals surface area contributed by atoms with Gasteiger partial charge in [-0.2, -0.15) is 18.4 Å². The fourth-order valence-corrected chi connectivity index (χ4v) is 2.43. The van der Waals surface area contributed by atoms with Gasteiger partial charge in [-0.15, -0.1) is 0 Å². The van der Waals surface area contributed by atoms with E-state index in [0.29, 0.717) is 18.9 Å². The molecule has 12 heteroatoms. The number of aromatic nitrogens is 4. The van der Waals surface area contributed by atoms with E-state index in [4.69, 9.17) is 22.6 Å². The predicted molar refractivity (Wildman–Crippen MR) is 93.3 cm³/mol. The van der Waals surface area contributed by atoms with Gasteiger partial charge in [0.05, 0.1) is 5.56 Å². The Morgan fingerprint density at radius 1 is 1.19 bits per heavy atom. The van der Waals surface area contributed by atoms with Crippen LogP contribution in [0.1, 0.15) is 11.3 Å². The molecule has 0 aliphatic rings. The van der Waals surface area contributed by atoms with Crippen molar-refractivity contribution in [2.75, 3.05) is 29.5 Å². The Bertz CT molecular complexity index is 1020. The predicted octanol–water partition coefficient (Wildman–Crippen LogP) is 2.77. The largest absolute Gasteiger partial charge is 0.434 e. The second-order valence-corrected chi connectivity index (χ2v) is 5.74. The van der Waals surface area contributed by atoms with E-state index in [-0.39, 0.29) is 28.1 Å². The lowest BCUT2D eigenvalue weighted by atomic mass is 10.3. The van der Waals surface area contributed by atoms with E-state index in [1.54, 1.807) is 6.07 Å². The van der Waals surface area contributed by atoms with Crippen LogP contribution in [0.2, 0.25) is 5.15 Å². The van der Waals surface area contributed by atoms with Crippen LogP contribution >= 0.6 is 11.6 Å². The van der Waals surface area contributed by atoms with E-state index in [1.807, 2.05) is 6.07 Å². The zero-order chi connectivity index (χ0) is 19.6. The Hall–Kier alpha value is -3.26. The van der Waals surface area contributed by atoms with Crippen molar-refractivity contribution in [3.8, 4) is 6.07 Å². The van der Waals surface area contributed by atoms with Gasteiger partial charge in [-0.25, -0.2) is 15.0 Å². The highest BCUT2D eigenvalue weighted by Crippen LogP contribution is 2.29. The minimum Gasteiger partial charge on any atom is -0.383 e. The number of nitrogen functional groups attached to an aromatic ring is 1. The van der Waals surface area contributed by atoms with Crippen molar-refractivity contribution in [3.05, 3.63) is 40.8 Å². The molecule has 0 unspecified atom stereocenters. The molecule has 0 bridgehead atoms. The van der Waals surface area contributed by atoms with Crippen molar-refractivity contribution in [1.82, 2.24) is 19.4 Å². The second-order valence-electron chi connectivity index (χ2n) is 5.35. The average Bonchev–Trinajstić information content (AvgIpc) is 3.03. The molecular weight excluding hydrogens is 385 g/mol. The van der Waals surface area contributed by atoms with E-state index in [9.17, 15) is 13.2 Å². The molecule has 0 aromatic carbocycles. The summed E-state index contributed by atoms with van der Waals surface area (Å²) in [6.07, 6.45) is -3.73. The van der Waals surface area contributed by atoms with Gasteiger partial charge in [-0.1, -0.05) is 11.6 Å². The molecule has 0 saturated heterocycles. The number of hydrogen-bond donors (Lipinski definition) is 3. The number of pyridine rings is 1. The quantitative estimate of drug-likeness (QED) is 0.448. The first-order valence-corrected chi connectivity index (χ1v) is 7.93. The third-order valence-electron chi connectivity index (χ3n) is 3.47. The van der Waals surface area contributed by atoms with E-state index in [0.717, 1.165) is 6.20 Å². The maximum Gasteiger partial charge on any atom is 0.434 e. The van der Waals surface area contributed by atoms with Crippen molar-refractivity contribution in [3.63, 3.8) is 0 Å². The van der Waals surface area contributed by atoms with Crippen molar-refractivity contribution in [2.45, 2.75) is 6.18 Å². The molecule has 0 aliphatic heterocycles. The first-order chi connectivity index (χ1) is 12.8. The summed E-state index contributed by atoms with van der Waals surface area (Å²) in [6, 6.07) is 6.27. The van der Waals surface area contributed by atoms with Crippen LogP contribution in [0, 0.1) is 11.3 Å². The van der Waals surface area contributed by atoms with Crippen LogP contribution in [-0.2, 0) is 6.18 Å². The number of rotatable bonds is 5. The van der Waals surface area contributed by atoms with Crippen LogP contribution in [0.5, 0.6) is 0 Å². The maximum atomic E-state index is 12.8. The maximum absolute atomic E-state index is 12.8. The molecule has 0 fully saturated rings. The number of nitriles is 1. The fourth-order valence-electron chi connectivity index (χ4n) is 2.25. The molecule has 0 aliphatic carbocycles. The zero-order valence-corrected chi connectivity index (χ0v) is 14.3. The lowest BCUT2D eigenvalue weighted by Gasteiger charge is -2.10. The number of fused-ring (bicyclic) bond motifs is 1. The molecule has 0 atom stereocenters. The van der Waals surface area contributed by atoms with Crippen LogP contribution < -0.4 is 16.4 Å². The minimum atomic E-state index is -4.57. The van der Waals surface area contributed by atoms with Gasteiger partial charge in [0, 0.05) is 25.4 Å². The average molecular weight is 397 g/mol. The van der Waals surface area contributed by atoms with Crippen LogP contribution in [-0.4, -0.2) is 32.4 Å². The van der Waals surface area contributed by atoms with Gasteiger partial charge in [-0.3, -0.25) is 4.40 Å². The summed E-state index contributed by atoms with van der Waals surface area (Å²) in [5.74, 6) is 0.681. The second kappa shape index (κ2) is 7.16. The Morgan fingerprint density at radius 3 is 2.59 bits per heavy atom. The normalized spacial score (nSPS) is 11.4. The summed E-state index contributed by atoms with van der Waals surface area (Å²) in [4.78, 5) is 11.5. The van der Waals surface area contributed by atoms with Crippen LogP contribution in [0.15, 0.2) is 24.4 Å². The fraction of sp³-hybridized carbons (Fsp3) is 0.200. The molecule has 0 radical (unpaired) electrons. The molecule has 3 heterocycles. The van der Waals surface area contributed by atoms with E-state index in [2.05, 4.69) is 25.6 Å². The lowest BCUT2D eigenvalue weighted by Crippen LogP contribution is -2.17. The van der Waals surface area contributed by atoms with E-state index >= 15 is 0 Å². The van der Waals surface area contributed by atoms with Crippen molar-refractivity contribution in [1.29, 1.82) is 5.26 Å². The van der Waals surface area contributed by atoms with Crippen LogP contribution in [0.25, 0.3) is 5.65 Å². The highest BCUT2D eigenvalue weighted by atomic mass is 35.5. The summed E-state index contributed by atoms with van der Waals surface area (Å²) < 4.78 is 39.7. The molecule has 27 heavy (non-hydrogen) atoms. The number of nitrogens with two attached hydrogens (primary N) is 1. The Morgan fingerprint density at radius 2 is 1.93 bits per heavy atom. The first kappa shape index (κ1) is 18.5. The lowest BCUT2D eigenvalue weighted by molar-refractivity contribution is -0.140. The van der Waals surface area contributed by atoms with Crippen LogP contribution in [0.3, 0.4) is 0 Å². The third kappa shape index (κ3) is 4.12. The van der Waals surface area contributed by atoms with Crippen molar-refractivity contribution in [2.24, 2.45) is 0 Å². The standard InChI is InChI=1S/C15H12ClF3N8/c16-10-5-12-24-9(15(17,18)19)7-27(12)14(25-10)23-4-3-22-11-2-1-8(6-20)13(21)26-11/h1-2,5,7H,3-4H2,(H,23,25)(H3,21,22,26). The molecule has 0 saturated carbocycles. The summed E-state index contributed by atoms with van der Waals surface area (Å²) in [5, 5.41) is 14.7. The molecule has 0 amide bonds. The number of imidazole rings is 1. The molecular formula is C15H12ClF3N8. The number of halogens is 4. The number of anilines is 3. The molecule has 140 valence electrons. The molecule has 3 aromatic heterocycles. The van der Waals surface area contributed by atoms with Crippen LogP contribution in [0.4, 0.5) is 30.8 Å². The SMILES string of the molecule is N#Cc1ccc(NCCNc2nc(Cl)cc3nc(C(F)(F)F)cn23)nc1N. The van der Waals surface area contributed by atoms with Crippen molar-refractivity contribution >= 4 is 34.8 Å². The van der Waals surface area contributed by atoms with Gasteiger partial charge in [0.15, 0.2) is 5.69 Å². The summed E-state index contributed by atoms with van der Waals surface area (Å²) in [6.45, 7) is 0.651. The van der Waals surface area contributed by atoms with E-state index < -0.39 is 11.9 Å². The Balaban J connectivity index is 1.69. The summed E-state index contributed by atoms with van der Waals surface area (Å²) in [7, 11) is 0. The van der Waals surface area contributed by atoms with E-state index in [1.165, 1.54) is 16.5 Å². The minimum absolute atomic E-state index is 0.0128. The van der Waals surface area contributed by atoms with Gasteiger partial charge in [-0.05, 0) is 12.1 Å². The first-order valence-electron chi connectivity index (χ1n) is 7.55. The number of nitrogens with zero attached hydrogens (tertiary/aromatic N) is 5. The highest BCUT2D eigenvalue weighted by molar-refractivity contribution is 6.29. The molecule has 3 rings (SSSR count). The van der Waals surface area contributed by atoms with Crippen molar-refractivity contribution < 1.29 is 13.2 Å². The topological polar surface area (TPSA) is 117 Å². The number of alkyl halides is 3. The summed E-state index contributed by atoms with van der Waals surface area (Å²) in [5.41, 5.74) is 4.89. The third-order valence-corrected chi connectivity index (χ3v) is 3.67. The summed E-state index contributed by atoms with van der Waals surface area (Å²) >= 11 is 5.85. The number of hydrogen-bond acceptors (Lipinski definition) is 7. The molecule has 4 N–H and O–H groups in total. The van der Waals surface area contributed by atoms with Gasteiger partial charge >= 0.3 is 6.18 Å². The smallest absolute Gasteiger partial charge is 0.383 e. The molecule has 3 aromatic rings. The van der Waals surface area contributed by atoms with Gasteiger partial charge < -0.3 is 16.4 Å². The number of nitrogens with one attached hydrogen (secondary N) is 2. The van der Waals surface area contributed by atoms with Gasteiger partial charge in [0.25, 0.3) is 0 Å². The monoisotopic (exact) mass is 396 g/mol. The Kier molecular flexibility index (Phi) is 4.91. The highest BCUT2D eigenvalue weighted by Gasteiger charge is 2.34. The molecule has 0 spiro atoms. The molecule has 8 nitrogen and oxygen atoms in total. The van der Waals surface area contributed by atoms with Gasteiger partial charge in [0.1, 0.15) is 28.5 Å². The van der Waals surface area contributed by atoms with Gasteiger partial charge in [0.2, 0.25) is 5.95 Å².